The highest BCUT2D eigenvalue weighted by atomic mass is 32.2. The predicted molar refractivity (Wildman–Crippen MR) is 88.9 cm³/mol. The van der Waals surface area contributed by atoms with Crippen LogP contribution in [0.1, 0.15) is 56.3 Å². The van der Waals surface area contributed by atoms with Gasteiger partial charge in [-0.15, -0.1) is 11.8 Å². The summed E-state index contributed by atoms with van der Waals surface area (Å²) in [6, 6.07) is 5.91. The van der Waals surface area contributed by atoms with Gasteiger partial charge in [-0.25, -0.2) is 0 Å². The molecule has 0 saturated heterocycles. The number of thioether (sulfide) groups is 1. The molecule has 1 fully saturated rings. The van der Waals surface area contributed by atoms with Crippen molar-refractivity contribution in [3.63, 3.8) is 0 Å². The summed E-state index contributed by atoms with van der Waals surface area (Å²) in [6.45, 7) is 2.57. The molecule has 2 aliphatic rings. The van der Waals surface area contributed by atoms with E-state index in [0.717, 1.165) is 36.3 Å². The van der Waals surface area contributed by atoms with Crippen LogP contribution in [-0.2, 0) is 4.79 Å². The van der Waals surface area contributed by atoms with Gasteiger partial charge in [0, 0.05) is 23.0 Å². The largest absolute Gasteiger partial charge is 0.549 e. The number of carboxylic acids is 1. The number of fused-ring (bicyclic) bond motifs is 1. The van der Waals surface area contributed by atoms with E-state index in [0.29, 0.717) is 6.61 Å². The van der Waals surface area contributed by atoms with Gasteiger partial charge in [-0.3, -0.25) is 0 Å². The average molecular weight is 335 g/mol. The third-order valence-corrected chi connectivity index (χ3v) is 5.92. The highest BCUT2D eigenvalue weighted by Crippen LogP contribution is 2.51. The molecule has 0 radical (unpaired) electrons. The van der Waals surface area contributed by atoms with Gasteiger partial charge in [-0.2, -0.15) is 0 Å². The van der Waals surface area contributed by atoms with E-state index in [1.165, 1.54) is 31.0 Å². The molecular weight excluding hydrogens is 312 g/mol. The number of carbonyl (C=O) groups excluding carboxylic acids is 1. The second-order valence-electron chi connectivity index (χ2n) is 6.35. The molecule has 1 aliphatic carbocycles. The van der Waals surface area contributed by atoms with Crippen molar-refractivity contribution in [3.8, 4) is 11.5 Å². The number of benzene rings is 1. The first-order valence-electron chi connectivity index (χ1n) is 8.39. The molecule has 1 spiro atoms. The van der Waals surface area contributed by atoms with Crippen LogP contribution in [0.3, 0.4) is 0 Å². The van der Waals surface area contributed by atoms with Gasteiger partial charge in [0.2, 0.25) is 0 Å². The molecule has 0 bridgehead atoms. The fourth-order valence-corrected chi connectivity index (χ4v) is 4.79. The first-order chi connectivity index (χ1) is 11.1. The van der Waals surface area contributed by atoms with Crippen LogP contribution in [0.25, 0.3) is 0 Å². The normalized spacial score (nSPS) is 22.2. The Balaban J connectivity index is 1.88. The summed E-state index contributed by atoms with van der Waals surface area (Å²) in [7, 11) is 0. The third kappa shape index (κ3) is 3.77. The lowest BCUT2D eigenvalue weighted by Crippen LogP contribution is -2.42. The molecule has 126 valence electrons. The van der Waals surface area contributed by atoms with Crippen molar-refractivity contribution in [1.29, 1.82) is 0 Å². The summed E-state index contributed by atoms with van der Waals surface area (Å²) < 4.78 is 12.0. The van der Waals surface area contributed by atoms with Crippen molar-refractivity contribution in [1.82, 2.24) is 0 Å². The van der Waals surface area contributed by atoms with E-state index in [-0.39, 0.29) is 16.6 Å². The van der Waals surface area contributed by atoms with Crippen molar-refractivity contribution < 1.29 is 19.4 Å². The van der Waals surface area contributed by atoms with Crippen LogP contribution in [0.2, 0.25) is 0 Å². The summed E-state index contributed by atoms with van der Waals surface area (Å²) in [5, 5.41) is 11.0. The van der Waals surface area contributed by atoms with E-state index in [1.54, 1.807) is 0 Å². The van der Waals surface area contributed by atoms with E-state index in [2.05, 4.69) is 0 Å². The topological polar surface area (TPSA) is 58.6 Å². The van der Waals surface area contributed by atoms with Crippen LogP contribution in [0.4, 0.5) is 0 Å². The molecule has 1 aromatic carbocycles. The van der Waals surface area contributed by atoms with Crippen LogP contribution in [0, 0.1) is 0 Å². The van der Waals surface area contributed by atoms with Gasteiger partial charge >= 0.3 is 0 Å². The van der Waals surface area contributed by atoms with Gasteiger partial charge in [0.25, 0.3) is 0 Å². The Morgan fingerprint density at radius 2 is 2.17 bits per heavy atom. The summed E-state index contributed by atoms with van der Waals surface area (Å²) >= 11 is 1.44. The zero-order chi connectivity index (χ0) is 16.3. The van der Waals surface area contributed by atoms with Crippen molar-refractivity contribution >= 4 is 17.7 Å². The number of hydrogen-bond donors (Lipinski definition) is 0. The standard InChI is InChI=1S/C18H24O4S/c1-2-21-13-6-7-15-14(10-13)16(23-12-17(19)20)11-18(22-15)8-4-3-5-9-18/h6-7,10,16H,2-5,8-9,11-12H2,1H3,(H,19,20)/p-1. The lowest BCUT2D eigenvalue weighted by molar-refractivity contribution is -0.301. The van der Waals surface area contributed by atoms with Gasteiger partial charge in [0.1, 0.15) is 17.1 Å². The third-order valence-electron chi connectivity index (χ3n) is 4.69. The number of carboxylic acid groups (broad SMARTS) is 1. The van der Waals surface area contributed by atoms with Crippen LogP contribution in [0.5, 0.6) is 11.5 Å². The van der Waals surface area contributed by atoms with E-state index >= 15 is 0 Å². The number of hydrogen-bond acceptors (Lipinski definition) is 5. The van der Waals surface area contributed by atoms with Gasteiger partial charge in [0.05, 0.1) is 12.6 Å². The number of aliphatic carboxylic acids is 1. The molecule has 4 nitrogen and oxygen atoms in total. The second kappa shape index (κ2) is 7.04. The Kier molecular flexibility index (Phi) is 5.05. The molecule has 23 heavy (non-hydrogen) atoms. The smallest absolute Gasteiger partial charge is 0.124 e. The van der Waals surface area contributed by atoms with Crippen LogP contribution >= 0.6 is 11.8 Å². The van der Waals surface area contributed by atoms with Crippen LogP contribution < -0.4 is 14.6 Å². The monoisotopic (exact) mass is 335 g/mol. The maximum atomic E-state index is 10.9. The molecule has 1 aliphatic heterocycles. The molecule has 3 rings (SSSR count). The Hall–Kier alpha value is -1.36. The summed E-state index contributed by atoms with van der Waals surface area (Å²) in [6.07, 6.45) is 6.62. The van der Waals surface area contributed by atoms with Crippen molar-refractivity contribution in [3.05, 3.63) is 23.8 Å². The lowest BCUT2D eigenvalue weighted by Gasteiger charge is -2.44. The highest BCUT2D eigenvalue weighted by Gasteiger charge is 2.42. The molecule has 0 aromatic heterocycles. The number of ether oxygens (including phenoxy) is 2. The van der Waals surface area contributed by atoms with Gasteiger partial charge in [0.15, 0.2) is 0 Å². The Morgan fingerprint density at radius 3 is 2.87 bits per heavy atom. The van der Waals surface area contributed by atoms with Gasteiger partial charge in [-0.05, 0) is 50.8 Å². The first kappa shape index (κ1) is 16.5. The molecule has 0 N–H and O–H groups in total. The molecule has 1 atom stereocenters. The molecule has 1 aromatic rings. The van der Waals surface area contributed by atoms with E-state index in [4.69, 9.17) is 9.47 Å². The number of carbonyl (C=O) groups is 1. The van der Waals surface area contributed by atoms with E-state index in [9.17, 15) is 9.90 Å². The highest BCUT2D eigenvalue weighted by molar-refractivity contribution is 8.00. The van der Waals surface area contributed by atoms with Crippen LogP contribution in [0.15, 0.2) is 18.2 Å². The minimum Gasteiger partial charge on any atom is -0.549 e. The Morgan fingerprint density at radius 1 is 1.39 bits per heavy atom. The number of rotatable bonds is 5. The van der Waals surface area contributed by atoms with Crippen molar-refractivity contribution in [2.45, 2.75) is 56.3 Å². The first-order valence-corrected chi connectivity index (χ1v) is 9.44. The minimum atomic E-state index is -1.01. The molecule has 0 amide bonds. The maximum Gasteiger partial charge on any atom is 0.124 e. The predicted octanol–water partition coefficient (Wildman–Crippen LogP) is 3.09. The average Bonchev–Trinajstić information content (AvgIpc) is 2.54. The van der Waals surface area contributed by atoms with Gasteiger partial charge < -0.3 is 19.4 Å². The summed E-state index contributed by atoms with van der Waals surface area (Å²) in [4.78, 5) is 10.9. The second-order valence-corrected chi connectivity index (χ2v) is 7.55. The van der Waals surface area contributed by atoms with E-state index < -0.39 is 5.97 Å². The lowest BCUT2D eigenvalue weighted by atomic mass is 9.78. The maximum absolute atomic E-state index is 10.9. The van der Waals surface area contributed by atoms with E-state index in [1.807, 2.05) is 25.1 Å². The zero-order valence-corrected chi connectivity index (χ0v) is 14.3. The fraction of sp³-hybridized carbons (Fsp3) is 0.611. The minimum absolute atomic E-state index is 0.0129. The molecule has 1 unspecified atom stereocenters. The SMILES string of the molecule is CCOc1ccc2c(c1)C(SCC(=O)[O-])CC1(CCCCC1)O2. The molecule has 5 heteroatoms. The summed E-state index contributed by atoms with van der Waals surface area (Å²) in [5.74, 6) is 0.701. The Bertz CT molecular complexity index is 566. The molecule has 1 heterocycles. The quantitative estimate of drug-likeness (QED) is 0.827. The Labute approximate surface area is 141 Å². The van der Waals surface area contributed by atoms with Crippen molar-refractivity contribution in [2.24, 2.45) is 0 Å². The molecular formula is C18H23O4S-. The zero-order valence-electron chi connectivity index (χ0n) is 13.5. The van der Waals surface area contributed by atoms with Gasteiger partial charge in [-0.1, -0.05) is 6.42 Å². The summed E-state index contributed by atoms with van der Waals surface area (Å²) in [5.41, 5.74) is 0.931. The molecule has 1 saturated carbocycles. The van der Waals surface area contributed by atoms with Crippen molar-refractivity contribution in [2.75, 3.05) is 12.4 Å². The fourth-order valence-electron chi connectivity index (χ4n) is 3.67. The van der Waals surface area contributed by atoms with Crippen LogP contribution in [-0.4, -0.2) is 23.9 Å².